The molecule has 0 radical (unpaired) electrons. The standard InChI is InChI=1S/C20H14Cl2N2O4S2/c1-12(25)24-15-4-6-16(7-5-15)30(27,28)18(19(26)20-23-8-9-29-20)10-13-2-3-14(21)11-17(13)22/h2-11H,1H3,(H,24,25)/b18-10-. The van der Waals surface area contributed by atoms with E-state index in [1.165, 1.54) is 55.6 Å². The van der Waals surface area contributed by atoms with E-state index in [0.717, 1.165) is 11.3 Å². The molecular weight excluding hydrogens is 467 g/mol. The summed E-state index contributed by atoms with van der Waals surface area (Å²) in [6.07, 6.45) is 2.62. The predicted octanol–water partition coefficient (Wildman–Crippen LogP) is 5.11. The molecule has 30 heavy (non-hydrogen) atoms. The van der Waals surface area contributed by atoms with Gasteiger partial charge in [0.15, 0.2) is 5.01 Å². The van der Waals surface area contributed by atoms with Gasteiger partial charge in [-0.3, -0.25) is 9.59 Å². The molecule has 0 spiro atoms. The fraction of sp³-hybridized carbons (Fsp3) is 0.0500. The maximum atomic E-state index is 13.3. The van der Waals surface area contributed by atoms with Crippen molar-refractivity contribution in [1.29, 1.82) is 0 Å². The van der Waals surface area contributed by atoms with Gasteiger partial charge in [-0.1, -0.05) is 29.3 Å². The second-order valence-electron chi connectivity index (χ2n) is 6.05. The Kier molecular flexibility index (Phi) is 6.72. The SMILES string of the molecule is CC(=O)Nc1ccc(S(=O)(=O)/C(=C\c2ccc(Cl)cc2Cl)C(=O)c2nccs2)cc1. The van der Waals surface area contributed by atoms with Gasteiger partial charge in [0, 0.05) is 34.2 Å². The number of Topliss-reactive ketones (excluding diaryl/α,β-unsaturated/α-hetero) is 1. The van der Waals surface area contributed by atoms with Gasteiger partial charge in [-0.25, -0.2) is 13.4 Å². The Hall–Kier alpha value is -2.52. The average molecular weight is 481 g/mol. The van der Waals surface area contributed by atoms with Gasteiger partial charge in [0.1, 0.15) is 4.91 Å². The lowest BCUT2D eigenvalue weighted by atomic mass is 10.2. The van der Waals surface area contributed by atoms with Crippen LogP contribution in [0.3, 0.4) is 0 Å². The highest BCUT2D eigenvalue weighted by Gasteiger charge is 2.29. The van der Waals surface area contributed by atoms with Crippen LogP contribution in [0.25, 0.3) is 6.08 Å². The number of rotatable bonds is 6. The summed E-state index contributed by atoms with van der Waals surface area (Å²) in [5.74, 6) is -1.04. The van der Waals surface area contributed by atoms with Crippen LogP contribution in [-0.2, 0) is 14.6 Å². The second-order valence-corrected chi connectivity index (χ2v) is 9.71. The Bertz CT molecular complexity index is 1240. The quantitative estimate of drug-likeness (QED) is 0.390. The van der Waals surface area contributed by atoms with Crippen LogP contribution in [-0.4, -0.2) is 25.1 Å². The van der Waals surface area contributed by atoms with Crippen molar-refractivity contribution in [2.24, 2.45) is 0 Å². The van der Waals surface area contributed by atoms with E-state index < -0.39 is 20.5 Å². The number of amides is 1. The van der Waals surface area contributed by atoms with E-state index in [1.807, 2.05) is 0 Å². The second kappa shape index (κ2) is 9.09. The minimum absolute atomic E-state index is 0.0322. The number of hydrogen-bond donors (Lipinski definition) is 1. The number of ketones is 1. The summed E-state index contributed by atoms with van der Waals surface area (Å²) in [6, 6.07) is 10.0. The number of nitrogens with zero attached hydrogens (tertiary/aromatic N) is 1. The minimum Gasteiger partial charge on any atom is -0.326 e. The number of carbonyl (C=O) groups is 2. The van der Waals surface area contributed by atoms with Gasteiger partial charge in [-0.05, 0) is 48.0 Å². The number of aromatic nitrogens is 1. The van der Waals surface area contributed by atoms with E-state index in [1.54, 1.807) is 11.4 Å². The Labute approximate surface area is 187 Å². The van der Waals surface area contributed by atoms with Crippen LogP contribution in [0.1, 0.15) is 22.3 Å². The monoisotopic (exact) mass is 480 g/mol. The molecule has 3 rings (SSSR count). The molecule has 6 nitrogen and oxygen atoms in total. The topological polar surface area (TPSA) is 93.2 Å². The summed E-state index contributed by atoms with van der Waals surface area (Å²) in [6.45, 7) is 1.34. The largest absolute Gasteiger partial charge is 0.326 e. The first kappa shape index (κ1) is 22.2. The lowest BCUT2D eigenvalue weighted by molar-refractivity contribution is -0.114. The van der Waals surface area contributed by atoms with E-state index >= 15 is 0 Å². The summed E-state index contributed by atoms with van der Waals surface area (Å²) in [7, 11) is -4.22. The molecule has 1 N–H and O–H groups in total. The molecule has 0 aliphatic rings. The Morgan fingerprint density at radius 3 is 2.37 bits per heavy atom. The van der Waals surface area contributed by atoms with Gasteiger partial charge in [0.05, 0.1) is 4.90 Å². The normalized spacial score (nSPS) is 11.9. The van der Waals surface area contributed by atoms with Crippen molar-refractivity contribution in [3.05, 3.63) is 79.6 Å². The van der Waals surface area contributed by atoms with Gasteiger partial charge in [0.2, 0.25) is 21.5 Å². The lowest BCUT2D eigenvalue weighted by Gasteiger charge is -2.10. The summed E-state index contributed by atoms with van der Waals surface area (Å²) in [5.41, 5.74) is 0.749. The zero-order valence-electron chi connectivity index (χ0n) is 15.4. The number of halogens is 2. The summed E-state index contributed by atoms with van der Waals surface area (Å²) < 4.78 is 26.6. The highest BCUT2D eigenvalue weighted by atomic mass is 35.5. The van der Waals surface area contributed by atoms with Crippen LogP contribution in [0, 0.1) is 0 Å². The molecule has 1 heterocycles. The van der Waals surface area contributed by atoms with Crippen LogP contribution in [0.5, 0.6) is 0 Å². The van der Waals surface area contributed by atoms with Gasteiger partial charge in [-0.2, -0.15) is 0 Å². The molecule has 10 heteroatoms. The third-order valence-corrected chi connectivity index (χ3v) is 6.98. The minimum atomic E-state index is -4.22. The highest BCUT2D eigenvalue weighted by molar-refractivity contribution is 7.96. The molecule has 0 bridgehead atoms. The predicted molar refractivity (Wildman–Crippen MR) is 119 cm³/mol. The van der Waals surface area contributed by atoms with E-state index in [-0.39, 0.29) is 20.8 Å². The van der Waals surface area contributed by atoms with Gasteiger partial charge in [-0.15, -0.1) is 11.3 Å². The fourth-order valence-corrected chi connectivity index (χ4v) is 5.00. The lowest BCUT2D eigenvalue weighted by Crippen LogP contribution is -2.14. The van der Waals surface area contributed by atoms with Crippen LogP contribution in [0.2, 0.25) is 10.0 Å². The zero-order valence-corrected chi connectivity index (χ0v) is 18.6. The van der Waals surface area contributed by atoms with Gasteiger partial charge in [0.25, 0.3) is 0 Å². The molecule has 0 fully saturated rings. The van der Waals surface area contributed by atoms with Crippen LogP contribution in [0.15, 0.2) is 63.8 Å². The number of carbonyl (C=O) groups excluding carboxylic acids is 2. The average Bonchev–Trinajstić information content (AvgIpc) is 3.21. The number of hydrogen-bond acceptors (Lipinski definition) is 6. The van der Waals surface area contributed by atoms with Gasteiger partial charge < -0.3 is 5.32 Å². The molecule has 154 valence electrons. The molecular formula is C20H14Cl2N2O4S2. The smallest absolute Gasteiger partial charge is 0.233 e. The molecule has 0 aliphatic carbocycles. The Morgan fingerprint density at radius 1 is 1.10 bits per heavy atom. The third-order valence-electron chi connectivity index (χ3n) is 3.87. The molecule has 1 amide bonds. The van der Waals surface area contributed by atoms with Gasteiger partial charge >= 0.3 is 0 Å². The molecule has 0 aliphatic heterocycles. The summed E-state index contributed by atoms with van der Waals surface area (Å²) >= 11 is 13.1. The van der Waals surface area contributed by atoms with Crippen LogP contribution < -0.4 is 5.32 Å². The maximum absolute atomic E-state index is 13.3. The summed E-state index contributed by atoms with van der Waals surface area (Å²) in [5, 5.41) is 4.74. The third kappa shape index (κ3) is 4.96. The van der Waals surface area contributed by atoms with E-state index in [2.05, 4.69) is 10.3 Å². The molecule has 0 saturated carbocycles. The Morgan fingerprint density at radius 2 is 1.80 bits per heavy atom. The van der Waals surface area contributed by atoms with Crippen molar-refractivity contribution >= 4 is 67.8 Å². The zero-order chi connectivity index (χ0) is 21.9. The molecule has 0 atom stereocenters. The number of allylic oxidation sites excluding steroid dienone is 1. The van der Waals surface area contributed by atoms with Crippen molar-refractivity contribution in [3.8, 4) is 0 Å². The molecule has 3 aromatic rings. The number of sulfone groups is 1. The van der Waals surface area contributed by atoms with Crippen LogP contribution >= 0.6 is 34.5 Å². The molecule has 2 aromatic carbocycles. The van der Waals surface area contributed by atoms with Crippen molar-refractivity contribution < 1.29 is 18.0 Å². The first-order valence-corrected chi connectivity index (χ1v) is 11.5. The molecule has 0 unspecified atom stereocenters. The number of anilines is 1. The van der Waals surface area contributed by atoms with Crippen molar-refractivity contribution in [1.82, 2.24) is 4.98 Å². The molecule has 1 aromatic heterocycles. The van der Waals surface area contributed by atoms with E-state index in [9.17, 15) is 18.0 Å². The van der Waals surface area contributed by atoms with Crippen molar-refractivity contribution in [2.45, 2.75) is 11.8 Å². The van der Waals surface area contributed by atoms with E-state index in [0.29, 0.717) is 16.3 Å². The summed E-state index contributed by atoms with van der Waals surface area (Å²) in [4.78, 5) is 27.5. The maximum Gasteiger partial charge on any atom is 0.233 e. The molecule has 0 saturated heterocycles. The van der Waals surface area contributed by atoms with Crippen molar-refractivity contribution in [3.63, 3.8) is 0 Å². The van der Waals surface area contributed by atoms with Crippen molar-refractivity contribution in [2.75, 3.05) is 5.32 Å². The van der Waals surface area contributed by atoms with E-state index in [4.69, 9.17) is 23.2 Å². The first-order valence-electron chi connectivity index (χ1n) is 8.42. The van der Waals surface area contributed by atoms with Crippen LogP contribution in [0.4, 0.5) is 5.69 Å². The fourth-order valence-electron chi connectivity index (χ4n) is 2.51. The highest BCUT2D eigenvalue weighted by Crippen LogP contribution is 2.29. The number of benzene rings is 2. The Balaban J connectivity index is 2.12. The number of thiazole rings is 1. The first-order chi connectivity index (χ1) is 14.2. The number of nitrogens with one attached hydrogen (secondary N) is 1.